The Labute approximate surface area is 147 Å². The number of likely N-dealkylation sites (tertiary alicyclic amines) is 1. The van der Waals surface area contributed by atoms with Crippen LogP contribution in [0, 0.1) is 5.92 Å². The summed E-state index contributed by atoms with van der Waals surface area (Å²) >= 11 is 0. The Hall–Kier alpha value is -2.40. The van der Waals surface area contributed by atoms with Crippen LogP contribution < -0.4 is 5.32 Å². The Balaban J connectivity index is 1.49. The molecule has 1 fully saturated rings. The lowest BCUT2D eigenvalue weighted by Gasteiger charge is -2.17. The maximum absolute atomic E-state index is 12.3. The van der Waals surface area contributed by atoms with Crippen LogP contribution in [0.4, 0.5) is 0 Å². The minimum absolute atomic E-state index is 0.0296. The highest BCUT2D eigenvalue weighted by atomic mass is 16.3. The third-order valence-corrected chi connectivity index (χ3v) is 4.90. The fraction of sp³-hybridized carbons (Fsp3) is 0.400. The molecule has 2 unspecified atom stereocenters. The van der Waals surface area contributed by atoms with Crippen LogP contribution in [-0.2, 0) is 4.79 Å². The van der Waals surface area contributed by atoms with Crippen LogP contribution in [0.15, 0.2) is 42.5 Å². The third-order valence-electron chi connectivity index (χ3n) is 4.90. The molecule has 1 aliphatic heterocycles. The number of rotatable bonds is 5. The van der Waals surface area contributed by atoms with E-state index in [1.807, 2.05) is 36.4 Å². The second-order valence-corrected chi connectivity index (χ2v) is 6.70. The molecular weight excluding hydrogens is 316 g/mol. The third kappa shape index (κ3) is 4.17. The van der Waals surface area contributed by atoms with Crippen molar-refractivity contribution < 1.29 is 14.7 Å². The van der Waals surface area contributed by atoms with Crippen molar-refractivity contribution in [3.8, 4) is 0 Å². The van der Waals surface area contributed by atoms with E-state index < -0.39 is 0 Å². The lowest BCUT2D eigenvalue weighted by atomic mass is 10.0. The largest absolute Gasteiger partial charge is 0.393 e. The molecule has 5 heteroatoms. The summed E-state index contributed by atoms with van der Waals surface area (Å²) in [5, 5.41) is 14.5. The number of carbonyl (C=O) groups is 2. The first-order valence-corrected chi connectivity index (χ1v) is 8.77. The number of nitrogens with one attached hydrogen (secondary N) is 1. The van der Waals surface area contributed by atoms with Gasteiger partial charge in [0, 0.05) is 37.5 Å². The van der Waals surface area contributed by atoms with Gasteiger partial charge < -0.3 is 15.3 Å². The van der Waals surface area contributed by atoms with E-state index in [4.69, 9.17) is 0 Å². The number of aliphatic hydroxyl groups excluding tert-OH is 1. The number of amides is 2. The van der Waals surface area contributed by atoms with Crippen molar-refractivity contribution >= 4 is 22.6 Å². The topological polar surface area (TPSA) is 69.6 Å². The Morgan fingerprint density at radius 1 is 1.24 bits per heavy atom. The van der Waals surface area contributed by atoms with Gasteiger partial charge >= 0.3 is 0 Å². The van der Waals surface area contributed by atoms with E-state index in [0.717, 1.165) is 17.2 Å². The molecule has 2 aromatic carbocycles. The second-order valence-electron chi connectivity index (χ2n) is 6.70. The molecule has 2 atom stereocenters. The van der Waals surface area contributed by atoms with Gasteiger partial charge in [-0.3, -0.25) is 9.59 Å². The molecule has 1 aliphatic rings. The molecule has 0 aromatic heterocycles. The zero-order valence-corrected chi connectivity index (χ0v) is 14.4. The van der Waals surface area contributed by atoms with Crippen molar-refractivity contribution in [2.45, 2.75) is 25.9 Å². The molecule has 1 saturated heterocycles. The molecule has 2 N–H and O–H groups in total. The molecule has 25 heavy (non-hydrogen) atoms. The van der Waals surface area contributed by atoms with E-state index in [-0.39, 0.29) is 30.3 Å². The lowest BCUT2D eigenvalue weighted by Crippen LogP contribution is -2.34. The van der Waals surface area contributed by atoms with Crippen LogP contribution in [-0.4, -0.2) is 47.6 Å². The molecule has 0 saturated carbocycles. The van der Waals surface area contributed by atoms with Gasteiger partial charge in [0.25, 0.3) is 5.91 Å². The highest BCUT2D eigenvalue weighted by Crippen LogP contribution is 2.20. The van der Waals surface area contributed by atoms with E-state index in [1.165, 1.54) is 0 Å². The predicted molar refractivity (Wildman–Crippen MR) is 97.3 cm³/mol. The van der Waals surface area contributed by atoms with E-state index in [2.05, 4.69) is 5.32 Å². The molecule has 0 radical (unpaired) electrons. The first kappa shape index (κ1) is 17.4. The quantitative estimate of drug-likeness (QED) is 0.877. The summed E-state index contributed by atoms with van der Waals surface area (Å²) in [6.07, 6.45) is 0.740. The molecule has 1 heterocycles. The molecule has 2 aromatic rings. The van der Waals surface area contributed by atoms with Gasteiger partial charge in [0.1, 0.15) is 0 Å². The maximum atomic E-state index is 12.3. The number of hydrogen-bond acceptors (Lipinski definition) is 3. The maximum Gasteiger partial charge on any atom is 0.251 e. The lowest BCUT2D eigenvalue weighted by molar-refractivity contribution is -0.130. The van der Waals surface area contributed by atoms with E-state index in [1.54, 1.807) is 17.9 Å². The van der Waals surface area contributed by atoms with Crippen LogP contribution in [0.2, 0.25) is 0 Å². The minimum Gasteiger partial charge on any atom is -0.393 e. The van der Waals surface area contributed by atoms with Crippen LogP contribution in [0.25, 0.3) is 10.8 Å². The van der Waals surface area contributed by atoms with Gasteiger partial charge in [0.2, 0.25) is 5.91 Å². The number of fused-ring (bicyclic) bond motifs is 1. The number of benzene rings is 2. The summed E-state index contributed by atoms with van der Waals surface area (Å²) in [5.74, 6) is 0.0277. The van der Waals surface area contributed by atoms with Gasteiger partial charge in [-0.05, 0) is 36.2 Å². The summed E-state index contributed by atoms with van der Waals surface area (Å²) < 4.78 is 0. The van der Waals surface area contributed by atoms with Crippen LogP contribution in [0.1, 0.15) is 30.1 Å². The zero-order chi connectivity index (χ0) is 17.8. The number of hydrogen-bond donors (Lipinski definition) is 2. The van der Waals surface area contributed by atoms with E-state index >= 15 is 0 Å². The number of nitrogens with zero attached hydrogens (tertiary/aromatic N) is 1. The van der Waals surface area contributed by atoms with Crippen LogP contribution in [0.3, 0.4) is 0 Å². The van der Waals surface area contributed by atoms with Crippen molar-refractivity contribution in [3.05, 3.63) is 48.0 Å². The Morgan fingerprint density at radius 2 is 2.00 bits per heavy atom. The van der Waals surface area contributed by atoms with Gasteiger partial charge in [-0.2, -0.15) is 0 Å². The fourth-order valence-electron chi connectivity index (χ4n) is 3.28. The predicted octanol–water partition coefficient (Wildman–Crippen LogP) is 2.19. The molecule has 0 spiro atoms. The first-order valence-electron chi connectivity index (χ1n) is 8.77. The fourth-order valence-corrected chi connectivity index (χ4v) is 3.28. The van der Waals surface area contributed by atoms with Gasteiger partial charge in [0.05, 0.1) is 6.10 Å². The molecule has 0 aliphatic carbocycles. The summed E-state index contributed by atoms with van der Waals surface area (Å²) in [6, 6.07) is 13.5. The highest BCUT2D eigenvalue weighted by Gasteiger charge is 2.28. The molecule has 132 valence electrons. The van der Waals surface area contributed by atoms with Crippen molar-refractivity contribution in [2.24, 2.45) is 5.92 Å². The van der Waals surface area contributed by atoms with Crippen LogP contribution >= 0.6 is 0 Å². The monoisotopic (exact) mass is 340 g/mol. The molecule has 3 rings (SSSR count). The Morgan fingerprint density at radius 3 is 2.72 bits per heavy atom. The minimum atomic E-state index is -0.384. The summed E-state index contributed by atoms with van der Waals surface area (Å²) in [6.45, 7) is 3.38. The SMILES string of the molecule is CC(O)C1CCN(C(=O)CCNC(=O)c2ccc3ccccc3c2)C1. The first-order chi connectivity index (χ1) is 12.0. The van der Waals surface area contributed by atoms with Crippen molar-refractivity contribution in [3.63, 3.8) is 0 Å². The average molecular weight is 340 g/mol. The summed E-state index contributed by atoms with van der Waals surface area (Å²) in [5.41, 5.74) is 0.599. The average Bonchev–Trinajstić information content (AvgIpc) is 3.11. The zero-order valence-electron chi connectivity index (χ0n) is 14.4. The van der Waals surface area contributed by atoms with Crippen LogP contribution in [0.5, 0.6) is 0 Å². The van der Waals surface area contributed by atoms with Gasteiger partial charge in [0.15, 0.2) is 0 Å². The van der Waals surface area contributed by atoms with Gasteiger partial charge in [-0.15, -0.1) is 0 Å². The van der Waals surface area contributed by atoms with E-state index in [0.29, 0.717) is 25.2 Å². The van der Waals surface area contributed by atoms with E-state index in [9.17, 15) is 14.7 Å². The smallest absolute Gasteiger partial charge is 0.251 e. The second kappa shape index (κ2) is 7.66. The van der Waals surface area contributed by atoms with Gasteiger partial charge in [-0.1, -0.05) is 30.3 Å². The standard InChI is InChI=1S/C20H24N2O3/c1-14(23)18-9-11-22(13-18)19(24)8-10-21-20(25)17-7-6-15-4-2-3-5-16(15)12-17/h2-7,12,14,18,23H,8-11,13H2,1H3,(H,21,25). The molecule has 0 bridgehead atoms. The Bertz CT molecular complexity index is 772. The Kier molecular flexibility index (Phi) is 5.34. The van der Waals surface area contributed by atoms with Gasteiger partial charge in [-0.25, -0.2) is 0 Å². The summed E-state index contributed by atoms with van der Waals surface area (Å²) in [7, 11) is 0. The molecular formula is C20H24N2O3. The highest BCUT2D eigenvalue weighted by molar-refractivity contribution is 5.98. The molecule has 2 amide bonds. The van der Waals surface area contributed by atoms with Crippen molar-refractivity contribution in [1.82, 2.24) is 10.2 Å². The number of aliphatic hydroxyl groups is 1. The molecule has 5 nitrogen and oxygen atoms in total. The van der Waals surface area contributed by atoms with Crippen molar-refractivity contribution in [1.29, 1.82) is 0 Å². The normalized spacial score (nSPS) is 18.3. The summed E-state index contributed by atoms with van der Waals surface area (Å²) in [4.78, 5) is 26.2. The van der Waals surface area contributed by atoms with Crippen molar-refractivity contribution in [2.75, 3.05) is 19.6 Å². The number of carbonyl (C=O) groups excluding carboxylic acids is 2.